The van der Waals surface area contributed by atoms with Crippen molar-refractivity contribution in [1.82, 2.24) is 10.3 Å². The summed E-state index contributed by atoms with van der Waals surface area (Å²) in [5.41, 5.74) is 2.19. The van der Waals surface area contributed by atoms with Gasteiger partial charge in [0.25, 0.3) is 5.91 Å². The Kier molecular flexibility index (Phi) is 5.08. The van der Waals surface area contributed by atoms with Gasteiger partial charge in [-0.15, -0.1) is 11.3 Å². The summed E-state index contributed by atoms with van der Waals surface area (Å²) in [6, 6.07) is 0. The van der Waals surface area contributed by atoms with Crippen LogP contribution in [0.1, 0.15) is 49.0 Å². The molecule has 1 rings (SSSR count). The van der Waals surface area contributed by atoms with Gasteiger partial charge in [0, 0.05) is 12.1 Å². The molecule has 1 heterocycles. The molecule has 1 atom stereocenters. The summed E-state index contributed by atoms with van der Waals surface area (Å²) >= 11 is 1.37. The molecule has 0 saturated carbocycles. The van der Waals surface area contributed by atoms with E-state index in [1.165, 1.54) is 11.3 Å². The number of thiazole rings is 1. The number of hydrogen-bond acceptors (Lipinski definition) is 4. The summed E-state index contributed by atoms with van der Waals surface area (Å²) in [6.07, 6.45) is 2.12. The maximum atomic E-state index is 12.1. The van der Waals surface area contributed by atoms with Crippen LogP contribution in [0.2, 0.25) is 0 Å². The number of amides is 1. The van der Waals surface area contributed by atoms with Gasteiger partial charge < -0.3 is 10.4 Å². The molecular formula is C12H20N2O2S. The number of carbonyl (C=O) groups is 1. The van der Waals surface area contributed by atoms with Crippen molar-refractivity contribution < 1.29 is 9.90 Å². The second-order valence-electron chi connectivity index (χ2n) is 4.32. The monoisotopic (exact) mass is 256 g/mol. The first-order valence-electron chi connectivity index (χ1n) is 5.92. The molecule has 4 nitrogen and oxygen atoms in total. The molecule has 0 aliphatic rings. The van der Waals surface area contributed by atoms with E-state index in [0.717, 1.165) is 18.5 Å². The van der Waals surface area contributed by atoms with E-state index in [9.17, 15) is 4.79 Å². The van der Waals surface area contributed by atoms with Crippen LogP contribution in [0.5, 0.6) is 0 Å². The second-order valence-corrected chi connectivity index (χ2v) is 5.18. The normalized spacial score (nSPS) is 14.4. The molecule has 0 bridgehead atoms. The molecule has 0 aromatic carbocycles. The summed E-state index contributed by atoms with van der Waals surface area (Å²) in [5.74, 6) is -0.0813. The van der Waals surface area contributed by atoms with Gasteiger partial charge >= 0.3 is 0 Å². The van der Waals surface area contributed by atoms with Gasteiger partial charge in [-0.25, -0.2) is 4.98 Å². The van der Waals surface area contributed by atoms with Gasteiger partial charge in [0.05, 0.1) is 11.2 Å². The van der Waals surface area contributed by atoms with Gasteiger partial charge in [0.15, 0.2) is 0 Å². The van der Waals surface area contributed by atoms with E-state index >= 15 is 0 Å². The fraction of sp³-hybridized carbons (Fsp3) is 0.667. The molecule has 0 aliphatic heterocycles. The topological polar surface area (TPSA) is 62.2 Å². The number of hydrogen-bond donors (Lipinski definition) is 2. The van der Waals surface area contributed by atoms with Crippen LogP contribution < -0.4 is 5.32 Å². The molecule has 17 heavy (non-hydrogen) atoms. The number of nitrogens with zero attached hydrogens (tertiary/aromatic N) is 1. The Morgan fingerprint density at radius 1 is 1.59 bits per heavy atom. The molecule has 96 valence electrons. The number of aromatic nitrogens is 1. The lowest BCUT2D eigenvalue weighted by Crippen LogP contribution is -2.46. The number of aliphatic hydroxyl groups excluding tert-OH is 1. The van der Waals surface area contributed by atoms with Crippen molar-refractivity contribution in [2.75, 3.05) is 6.61 Å². The molecule has 1 aromatic heterocycles. The van der Waals surface area contributed by atoms with Crippen LogP contribution in [0.25, 0.3) is 0 Å². The molecule has 0 fully saturated rings. The van der Waals surface area contributed by atoms with Crippen LogP contribution in [-0.4, -0.2) is 28.1 Å². The first-order valence-corrected chi connectivity index (χ1v) is 6.80. The largest absolute Gasteiger partial charge is 0.396 e. The van der Waals surface area contributed by atoms with Crippen molar-refractivity contribution in [2.45, 2.75) is 45.6 Å². The molecule has 1 amide bonds. The molecule has 5 heteroatoms. The van der Waals surface area contributed by atoms with Crippen LogP contribution in [0.3, 0.4) is 0 Å². The lowest BCUT2D eigenvalue weighted by Gasteiger charge is -2.28. The van der Waals surface area contributed by atoms with E-state index in [1.54, 1.807) is 5.51 Å². The van der Waals surface area contributed by atoms with Gasteiger partial charge in [-0.1, -0.05) is 13.8 Å². The van der Waals surface area contributed by atoms with Crippen molar-refractivity contribution >= 4 is 17.2 Å². The molecule has 0 radical (unpaired) electrons. The summed E-state index contributed by atoms with van der Waals surface area (Å²) < 4.78 is 0. The number of nitrogens with one attached hydrogen (secondary N) is 1. The van der Waals surface area contributed by atoms with Gasteiger partial charge in [-0.3, -0.25) is 4.79 Å². The molecule has 0 saturated heterocycles. The summed E-state index contributed by atoms with van der Waals surface area (Å²) in [5, 5.41) is 12.0. The van der Waals surface area contributed by atoms with Crippen LogP contribution >= 0.6 is 11.3 Å². The van der Waals surface area contributed by atoms with Crippen LogP contribution in [-0.2, 0) is 6.42 Å². The Morgan fingerprint density at radius 2 is 2.29 bits per heavy atom. The first-order chi connectivity index (χ1) is 8.06. The van der Waals surface area contributed by atoms with Crippen molar-refractivity contribution in [3.63, 3.8) is 0 Å². The predicted molar refractivity (Wildman–Crippen MR) is 69.4 cm³/mol. The third-order valence-electron chi connectivity index (χ3n) is 3.04. The zero-order valence-electron chi connectivity index (χ0n) is 10.6. The molecule has 0 aliphatic carbocycles. The van der Waals surface area contributed by atoms with Gasteiger partial charge in [-0.2, -0.15) is 0 Å². The number of carbonyl (C=O) groups excluding carboxylic acids is 1. The zero-order chi connectivity index (χ0) is 12.9. The number of rotatable bonds is 6. The van der Waals surface area contributed by atoms with E-state index in [0.29, 0.717) is 11.3 Å². The maximum absolute atomic E-state index is 12.1. The van der Waals surface area contributed by atoms with Crippen molar-refractivity contribution in [2.24, 2.45) is 0 Å². The van der Waals surface area contributed by atoms with E-state index in [2.05, 4.69) is 10.3 Å². The Hall–Kier alpha value is -0.940. The van der Waals surface area contributed by atoms with Crippen LogP contribution in [0.15, 0.2) is 5.51 Å². The van der Waals surface area contributed by atoms with Crippen molar-refractivity contribution in [3.8, 4) is 0 Å². The molecular weight excluding hydrogens is 236 g/mol. The molecule has 0 spiro atoms. The lowest BCUT2D eigenvalue weighted by atomic mass is 9.95. The number of aliphatic hydroxyl groups is 1. The van der Waals surface area contributed by atoms with Gasteiger partial charge in [0.1, 0.15) is 4.88 Å². The minimum absolute atomic E-state index is 0.0773. The van der Waals surface area contributed by atoms with E-state index in [4.69, 9.17) is 5.11 Å². The van der Waals surface area contributed by atoms with E-state index in [-0.39, 0.29) is 18.1 Å². The van der Waals surface area contributed by atoms with Crippen LogP contribution in [0, 0.1) is 0 Å². The van der Waals surface area contributed by atoms with Crippen LogP contribution in [0.4, 0.5) is 0 Å². The third kappa shape index (κ3) is 3.51. The summed E-state index contributed by atoms with van der Waals surface area (Å²) in [6.45, 7) is 6.02. The fourth-order valence-electron chi connectivity index (χ4n) is 1.61. The highest BCUT2D eigenvalue weighted by atomic mass is 32.1. The zero-order valence-corrected chi connectivity index (χ0v) is 11.4. The summed E-state index contributed by atoms with van der Waals surface area (Å²) in [4.78, 5) is 17.0. The van der Waals surface area contributed by atoms with E-state index < -0.39 is 0 Å². The van der Waals surface area contributed by atoms with E-state index in [1.807, 2.05) is 20.8 Å². The average molecular weight is 256 g/mol. The van der Waals surface area contributed by atoms with Gasteiger partial charge in [0.2, 0.25) is 0 Å². The second kappa shape index (κ2) is 6.12. The minimum Gasteiger partial charge on any atom is -0.396 e. The summed E-state index contributed by atoms with van der Waals surface area (Å²) in [7, 11) is 0. The standard InChI is InChI=1S/C12H20N2O2S/c1-4-9-10(17-8-13-9)11(16)14-12(3,5-2)6-7-15/h8,15H,4-7H2,1-3H3,(H,14,16). The maximum Gasteiger partial charge on any atom is 0.263 e. The number of aryl methyl sites for hydroxylation is 1. The highest BCUT2D eigenvalue weighted by Crippen LogP contribution is 2.18. The quantitative estimate of drug-likeness (QED) is 0.818. The van der Waals surface area contributed by atoms with Crippen molar-refractivity contribution in [3.05, 3.63) is 16.1 Å². The fourth-order valence-corrected chi connectivity index (χ4v) is 2.39. The SMILES string of the molecule is CCc1ncsc1C(=O)NC(C)(CC)CCO. The minimum atomic E-state index is -0.346. The van der Waals surface area contributed by atoms with Crippen molar-refractivity contribution in [1.29, 1.82) is 0 Å². The first kappa shape index (κ1) is 14.1. The molecule has 2 N–H and O–H groups in total. The Morgan fingerprint density at radius 3 is 2.82 bits per heavy atom. The molecule has 1 unspecified atom stereocenters. The smallest absolute Gasteiger partial charge is 0.263 e. The predicted octanol–water partition coefficient (Wildman–Crippen LogP) is 1.99. The molecule has 1 aromatic rings. The Bertz CT molecular complexity index is 378. The van der Waals surface area contributed by atoms with Gasteiger partial charge in [-0.05, 0) is 26.2 Å². The Labute approximate surface area is 106 Å². The Balaban J connectivity index is 2.77. The average Bonchev–Trinajstić information content (AvgIpc) is 2.77. The highest BCUT2D eigenvalue weighted by molar-refractivity contribution is 7.11. The highest BCUT2D eigenvalue weighted by Gasteiger charge is 2.25. The lowest BCUT2D eigenvalue weighted by molar-refractivity contribution is 0.0889. The third-order valence-corrected chi connectivity index (χ3v) is 3.91.